The molecule has 8 aromatic carbocycles. The third-order valence-electron chi connectivity index (χ3n) is 11.8. The fraction of sp³-hybridized carbons (Fsp3) is 0.0189. The van der Waals surface area contributed by atoms with Crippen LogP contribution in [0, 0.1) is 0 Å². The average Bonchev–Trinajstić information content (AvgIpc) is 3.58. The largest absolute Gasteiger partial charge is 0.247 e. The fourth-order valence-electron chi connectivity index (χ4n) is 9.24. The maximum atomic E-state index is 5.48. The molecule has 0 N–H and O–H groups in total. The summed E-state index contributed by atoms with van der Waals surface area (Å²) < 4.78 is 0. The Balaban J connectivity index is 1.16. The number of hydrogen-bond acceptors (Lipinski definition) is 5. The van der Waals surface area contributed by atoms with Crippen LogP contribution in [-0.2, 0) is 5.41 Å². The first-order valence-corrected chi connectivity index (χ1v) is 20.4. The van der Waals surface area contributed by atoms with Crippen molar-refractivity contribution in [1.29, 1.82) is 0 Å². The maximum absolute atomic E-state index is 5.48. The van der Waals surface area contributed by atoms with Gasteiger partial charge in [0.15, 0.2) is 17.5 Å². The zero-order chi connectivity index (χ0) is 38.2. The zero-order valence-corrected chi connectivity index (χ0v) is 32.0. The van der Waals surface area contributed by atoms with Gasteiger partial charge in [0.1, 0.15) is 0 Å². The molecule has 58 heavy (non-hydrogen) atoms. The molecule has 0 atom stereocenters. The van der Waals surface area contributed by atoms with Gasteiger partial charge < -0.3 is 0 Å². The summed E-state index contributed by atoms with van der Waals surface area (Å²) in [6.07, 6.45) is 0. The highest BCUT2D eigenvalue weighted by Gasteiger charge is 2.50. The first kappa shape index (κ1) is 33.0. The van der Waals surface area contributed by atoms with Crippen LogP contribution in [0.4, 0.5) is 0 Å². The van der Waals surface area contributed by atoms with Crippen LogP contribution in [-0.4, -0.2) is 19.9 Å². The van der Waals surface area contributed by atoms with E-state index in [1.54, 1.807) is 0 Å². The van der Waals surface area contributed by atoms with E-state index in [-0.39, 0.29) is 0 Å². The van der Waals surface area contributed by atoms with Crippen LogP contribution in [0.1, 0.15) is 22.3 Å². The van der Waals surface area contributed by atoms with E-state index in [0.29, 0.717) is 17.5 Å². The van der Waals surface area contributed by atoms with Crippen molar-refractivity contribution in [3.8, 4) is 56.5 Å². The molecule has 0 bridgehead atoms. The quantitative estimate of drug-likeness (QED) is 0.167. The molecule has 12 rings (SSSR count). The predicted octanol–water partition coefficient (Wildman–Crippen LogP) is 13.1. The summed E-state index contributed by atoms with van der Waals surface area (Å²) in [5.41, 5.74) is 13.0. The predicted molar refractivity (Wildman–Crippen MR) is 236 cm³/mol. The standard InChI is InChI=1S/C53H32N4S/c1-4-16-33(17-5-1)49-41-32-45-39(37-22-10-11-23-42(37)53(45)43-24-12-14-26-47(43)58-48-27-15-13-25-44(48)53)31-38(41)40-30-36(28-29-46(40)54-49)52-56-50(34-18-6-2-7-19-34)55-51(57-52)35-20-8-3-9-21-35/h1-32H. The van der Waals surface area contributed by atoms with Crippen LogP contribution in [0.3, 0.4) is 0 Å². The second kappa shape index (κ2) is 12.9. The molecule has 0 unspecified atom stereocenters. The van der Waals surface area contributed by atoms with Crippen LogP contribution >= 0.6 is 11.8 Å². The monoisotopic (exact) mass is 756 g/mol. The van der Waals surface area contributed by atoms with Gasteiger partial charge in [-0.2, -0.15) is 0 Å². The molecule has 0 amide bonds. The van der Waals surface area contributed by atoms with Crippen LogP contribution in [0.2, 0.25) is 0 Å². The zero-order valence-electron chi connectivity index (χ0n) is 31.2. The Hall–Kier alpha value is -7.21. The summed E-state index contributed by atoms with van der Waals surface area (Å²) in [5.74, 6) is 1.89. The minimum Gasteiger partial charge on any atom is -0.247 e. The number of fused-ring (bicyclic) bond motifs is 12. The number of nitrogens with zero attached hydrogens (tertiary/aromatic N) is 4. The van der Waals surface area contributed by atoms with Crippen molar-refractivity contribution >= 4 is 33.4 Å². The molecule has 2 aliphatic rings. The van der Waals surface area contributed by atoms with Crippen molar-refractivity contribution < 1.29 is 0 Å². The van der Waals surface area contributed by atoms with E-state index in [9.17, 15) is 0 Å². The average molecular weight is 757 g/mol. The number of aromatic nitrogens is 4. The molecule has 5 heteroatoms. The van der Waals surface area contributed by atoms with Crippen molar-refractivity contribution in [2.45, 2.75) is 15.2 Å². The van der Waals surface area contributed by atoms with Gasteiger partial charge >= 0.3 is 0 Å². The minimum absolute atomic E-state index is 0.490. The second-order valence-electron chi connectivity index (χ2n) is 14.9. The molecule has 1 aliphatic heterocycles. The van der Waals surface area contributed by atoms with Crippen LogP contribution in [0.5, 0.6) is 0 Å². The van der Waals surface area contributed by atoms with E-state index in [0.717, 1.165) is 49.6 Å². The lowest BCUT2D eigenvalue weighted by Gasteiger charge is -2.39. The SMILES string of the molecule is c1ccc(-c2nc(-c3ccccc3)nc(-c3ccc4nc(-c5ccccc5)c5cc6c(cc5c4c3)-c3ccccc3C63c4ccccc4Sc4ccccc43)n2)cc1. The summed E-state index contributed by atoms with van der Waals surface area (Å²) in [4.78, 5) is 23.2. The van der Waals surface area contributed by atoms with Crippen molar-refractivity contribution in [3.05, 3.63) is 216 Å². The van der Waals surface area contributed by atoms with E-state index in [1.165, 1.54) is 43.2 Å². The molecule has 270 valence electrons. The van der Waals surface area contributed by atoms with Gasteiger partial charge in [-0.05, 0) is 81.2 Å². The molecule has 1 aliphatic carbocycles. The van der Waals surface area contributed by atoms with Gasteiger partial charge in [0.05, 0.1) is 16.6 Å². The molecule has 0 radical (unpaired) electrons. The van der Waals surface area contributed by atoms with Gasteiger partial charge in [-0.25, -0.2) is 19.9 Å². The Kier molecular flexibility index (Phi) is 7.34. The van der Waals surface area contributed by atoms with Crippen molar-refractivity contribution in [3.63, 3.8) is 0 Å². The molecule has 3 heterocycles. The third kappa shape index (κ3) is 4.90. The Morgan fingerprint density at radius 1 is 0.328 bits per heavy atom. The highest BCUT2D eigenvalue weighted by molar-refractivity contribution is 7.99. The van der Waals surface area contributed by atoms with Crippen LogP contribution in [0.25, 0.3) is 78.2 Å². The van der Waals surface area contributed by atoms with Gasteiger partial charge in [0.2, 0.25) is 0 Å². The van der Waals surface area contributed by atoms with Crippen LogP contribution < -0.4 is 0 Å². The first-order valence-electron chi connectivity index (χ1n) is 19.6. The Morgan fingerprint density at radius 2 is 0.845 bits per heavy atom. The molecule has 2 aromatic heterocycles. The van der Waals surface area contributed by atoms with E-state index < -0.39 is 5.41 Å². The summed E-state index contributed by atoms with van der Waals surface area (Å²) in [6.45, 7) is 0. The number of hydrogen-bond donors (Lipinski definition) is 0. The lowest BCUT2D eigenvalue weighted by molar-refractivity contribution is 0.723. The van der Waals surface area contributed by atoms with Gasteiger partial charge in [-0.15, -0.1) is 0 Å². The number of benzene rings is 8. The second-order valence-corrected chi connectivity index (χ2v) is 16.0. The third-order valence-corrected chi connectivity index (χ3v) is 12.9. The Bertz CT molecular complexity index is 3150. The number of pyridine rings is 1. The summed E-state index contributed by atoms with van der Waals surface area (Å²) in [5, 5.41) is 3.31. The number of rotatable bonds is 4. The van der Waals surface area contributed by atoms with Gasteiger partial charge in [0, 0.05) is 42.8 Å². The molecule has 0 saturated heterocycles. The lowest BCUT2D eigenvalue weighted by Crippen LogP contribution is -2.31. The van der Waals surface area contributed by atoms with Gasteiger partial charge in [-0.3, -0.25) is 0 Å². The molecular weight excluding hydrogens is 725 g/mol. The normalized spacial score (nSPS) is 13.2. The lowest BCUT2D eigenvalue weighted by atomic mass is 9.67. The molecule has 4 nitrogen and oxygen atoms in total. The minimum atomic E-state index is -0.490. The van der Waals surface area contributed by atoms with Crippen LogP contribution in [0.15, 0.2) is 204 Å². The van der Waals surface area contributed by atoms with Crippen molar-refractivity contribution in [2.75, 3.05) is 0 Å². The summed E-state index contributed by atoms with van der Waals surface area (Å²) in [6, 6.07) is 69.1. The smallest absolute Gasteiger partial charge is 0.164 e. The van der Waals surface area contributed by atoms with E-state index >= 15 is 0 Å². The van der Waals surface area contributed by atoms with Gasteiger partial charge in [-0.1, -0.05) is 163 Å². The van der Waals surface area contributed by atoms with E-state index in [4.69, 9.17) is 19.9 Å². The molecule has 10 aromatic rings. The molecule has 0 fully saturated rings. The fourth-order valence-corrected chi connectivity index (χ4v) is 10.4. The van der Waals surface area contributed by atoms with E-state index in [1.807, 2.05) is 72.4 Å². The molecule has 1 spiro atoms. The summed E-state index contributed by atoms with van der Waals surface area (Å²) >= 11 is 1.87. The maximum Gasteiger partial charge on any atom is 0.164 e. The van der Waals surface area contributed by atoms with Crippen molar-refractivity contribution in [1.82, 2.24) is 19.9 Å². The Labute approximate surface area is 340 Å². The molecule has 0 saturated carbocycles. The van der Waals surface area contributed by atoms with Gasteiger partial charge in [0.25, 0.3) is 0 Å². The molecular formula is C53H32N4S. The van der Waals surface area contributed by atoms with E-state index in [2.05, 4.69) is 133 Å². The Morgan fingerprint density at radius 3 is 1.47 bits per heavy atom. The highest BCUT2D eigenvalue weighted by atomic mass is 32.2. The highest BCUT2D eigenvalue weighted by Crippen LogP contribution is 2.62. The van der Waals surface area contributed by atoms with Crippen molar-refractivity contribution in [2.24, 2.45) is 0 Å². The summed E-state index contributed by atoms with van der Waals surface area (Å²) in [7, 11) is 0. The first-order chi connectivity index (χ1) is 28.7. The topological polar surface area (TPSA) is 51.6 Å².